The fourth-order valence-corrected chi connectivity index (χ4v) is 0.682. The van der Waals surface area contributed by atoms with Crippen molar-refractivity contribution in [3.8, 4) is 0 Å². The molecule has 5 nitrogen and oxygen atoms in total. The standard InChI is InChI=1S/C4H8O5S/c1-3(4(5)8-2)9-10(6)7/h3,10H,1-2H3. The molecule has 0 bridgehead atoms. The molecule has 0 aromatic carbocycles. The fourth-order valence-electron chi connectivity index (χ4n) is 0.338. The van der Waals surface area contributed by atoms with Crippen molar-refractivity contribution in [2.24, 2.45) is 0 Å². The van der Waals surface area contributed by atoms with Crippen molar-refractivity contribution >= 4 is 17.0 Å². The lowest BCUT2D eigenvalue weighted by Crippen LogP contribution is -2.21. The number of carbonyl (C=O) groups excluding carboxylic acids is 1. The van der Waals surface area contributed by atoms with Gasteiger partial charge in [0.1, 0.15) is 0 Å². The number of hydrogen-bond acceptors (Lipinski definition) is 5. The first-order valence-corrected chi connectivity index (χ1v) is 3.56. The smallest absolute Gasteiger partial charge is 0.336 e. The summed E-state index contributed by atoms with van der Waals surface area (Å²) in [6, 6.07) is 0. The van der Waals surface area contributed by atoms with Gasteiger partial charge in [0.05, 0.1) is 7.11 Å². The molecule has 0 aromatic rings. The predicted molar refractivity (Wildman–Crippen MR) is 32.9 cm³/mol. The van der Waals surface area contributed by atoms with Crippen LogP contribution in [0.15, 0.2) is 0 Å². The van der Waals surface area contributed by atoms with Gasteiger partial charge in [-0.1, -0.05) is 0 Å². The van der Waals surface area contributed by atoms with Gasteiger partial charge in [0.2, 0.25) is 0 Å². The van der Waals surface area contributed by atoms with Crippen molar-refractivity contribution in [1.82, 2.24) is 0 Å². The number of hydrogen-bond donors (Lipinski definition) is 1. The number of carbonyl (C=O) groups is 1. The highest BCUT2D eigenvalue weighted by Crippen LogP contribution is 1.92. The molecule has 60 valence electrons. The van der Waals surface area contributed by atoms with Gasteiger partial charge in [-0.3, -0.25) is 4.18 Å². The van der Waals surface area contributed by atoms with Crippen LogP contribution in [0.4, 0.5) is 0 Å². The minimum absolute atomic E-state index is 0.709. The van der Waals surface area contributed by atoms with Gasteiger partial charge >= 0.3 is 5.97 Å². The molecule has 1 unspecified atom stereocenters. The van der Waals surface area contributed by atoms with E-state index in [1.54, 1.807) is 0 Å². The summed E-state index contributed by atoms with van der Waals surface area (Å²) >= 11 is 0. The Labute approximate surface area is 60.1 Å². The molecule has 0 aliphatic carbocycles. The Morgan fingerprint density at radius 3 is 2.30 bits per heavy atom. The van der Waals surface area contributed by atoms with Gasteiger partial charge < -0.3 is 4.74 Å². The van der Waals surface area contributed by atoms with Gasteiger partial charge in [-0.25, -0.2) is 13.2 Å². The molecule has 10 heavy (non-hydrogen) atoms. The van der Waals surface area contributed by atoms with E-state index in [1.807, 2.05) is 0 Å². The third kappa shape index (κ3) is 3.41. The molecular formula is C4H8O5S. The Hall–Kier alpha value is -0.620. The van der Waals surface area contributed by atoms with Crippen LogP contribution < -0.4 is 0 Å². The van der Waals surface area contributed by atoms with Crippen LogP contribution in [0.1, 0.15) is 6.92 Å². The van der Waals surface area contributed by atoms with Crippen LogP contribution in [-0.2, 0) is 24.7 Å². The summed E-state index contributed by atoms with van der Waals surface area (Å²) in [5, 5.41) is 0. The van der Waals surface area contributed by atoms with Gasteiger partial charge in [0.25, 0.3) is 11.0 Å². The summed E-state index contributed by atoms with van der Waals surface area (Å²) in [4.78, 5) is 10.4. The van der Waals surface area contributed by atoms with E-state index in [-0.39, 0.29) is 0 Å². The Kier molecular flexibility index (Phi) is 3.97. The molecule has 0 rings (SSSR count). The van der Waals surface area contributed by atoms with Crippen molar-refractivity contribution in [2.75, 3.05) is 7.11 Å². The van der Waals surface area contributed by atoms with Gasteiger partial charge in [0, 0.05) is 0 Å². The Morgan fingerprint density at radius 2 is 2.00 bits per heavy atom. The Morgan fingerprint density at radius 1 is 1.50 bits per heavy atom. The topological polar surface area (TPSA) is 69.7 Å². The van der Waals surface area contributed by atoms with Gasteiger partial charge in [-0.2, -0.15) is 0 Å². The van der Waals surface area contributed by atoms with E-state index >= 15 is 0 Å². The fraction of sp³-hybridized carbons (Fsp3) is 0.750. The number of ether oxygens (including phenoxy) is 1. The zero-order chi connectivity index (χ0) is 8.15. The quantitative estimate of drug-likeness (QED) is 0.436. The second kappa shape index (κ2) is 4.24. The summed E-state index contributed by atoms with van der Waals surface area (Å²) in [5.74, 6) is -0.709. The van der Waals surface area contributed by atoms with Crippen LogP contribution in [0.3, 0.4) is 0 Å². The van der Waals surface area contributed by atoms with E-state index < -0.39 is 23.1 Å². The lowest BCUT2D eigenvalue weighted by molar-refractivity contribution is -0.147. The maximum Gasteiger partial charge on any atom is 0.336 e. The molecule has 0 saturated heterocycles. The van der Waals surface area contributed by atoms with Gasteiger partial charge in [0.15, 0.2) is 6.10 Å². The first-order valence-electron chi connectivity index (χ1n) is 2.47. The number of esters is 1. The molecule has 0 aliphatic rings. The largest absolute Gasteiger partial charge is 0.467 e. The first-order chi connectivity index (χ1) is 4.57. The Balaban J connectivity index is 3.84. The summed E-state index contributed by atoms with van der Waals surface area (Å²) in [5.41, 5.74) is 0. The molecule has 0 amide bonds. The summed E-state index contributed by atoms with van der Waals surface area (Å²) < 4.78 is 27.9. The summed E-state index contributed by atoms with van der Waals surface area (Å²) in [6.45, 7) is 1.29. The van der Waals surface area contributed by atoms with Crippen molar-refractivity contribution in [3.05, 3.63) is 0 Å². The Bertz CT molecular complexity index is 176. The minimum atomic E-state index is -2.98. The zero-order valence-electron chi connectivity index (χ0n) is 5.57. The lowest BCUT2D eigenvalue weighted by atomic mass is 10.4. The monoisotopic (exact) mass is 168 g/mol. The predicted octanol–water partition coefficient (Wildman–Crippen LogP) is -0.909. The second-order valence-electron chi connectivity index (χ2n) is 1.49. The van der Waals surface area contributed by atoms with Crippen LogP contribution >= 0.6 is 0 Å². The van der Waals surface area contributed by atoms with Crippen LogP contribution in [0.25, 0.3) is 0 Å². The lowest BCUT2D eigenvalue weighted by Gasteiger charge is -2.03. The number of thiol groups is 1. The van der Waals surface area contributed by atoms with Crippen LogP contribution in [0, 0.1) is 0 Å². The van der Waals surface area contributed by atoms with Gasteiger partial charge in [-0.05, 0) is 6.92 Å². The molecule has 0 N–H and O–H groups in total. The molecule has 1 atom stereocenters. The average molecular weight is 168 g/mol. The molecule has 0 saturated carbocycles. The van der Waals surface area contributed by atoms with Crippen molar-refractivity contribution in [2.45, 2.75) is 13.0 Å². The third-order valence-corrected chi connectivity index (χ3v) is 1.27. The van der Waals surface area contributed by atoms with Crippen molar-refractivity contribution in [1.29, 1.82) is 0 Å². The molecule has 0 aliphatic heterocycles. The highest BCUT2D eigenvalue weighted by molar-refractivity contribution is 7.67. The SMILES string of the molecule is COC(=O)C(C)O[SH](=O)=O. The molecule has 0 fully saturated rings. The average Bonchev–Trinajstić information content (AvgIpc) is 1.85. The zero-order valence-corrected chi connectivity index (χ0v) is 6.46. The number of rotatable bonds is 3. The van der Waals surface area contributed by atoms with E-state index in [2.05, 4.69) is 8.92 Å². The molecule has 6 heteroatoms. The minimum Gasteiger partial charge on any atom is -0.467 e. The van der Waals surface area contributed by atoms with E-state index in [1.165, 1.54) is 6.92 Å². The van der Waals surface area contributed by atoms with Crippen LogP contribution in [0.2, 0.25) is 0 Å². The van der Waals surface area contributed by atoms with Crippen molar-refractivity contribution < 1.29 is 22.1 Å². The van der Waals surface area contributed by atoms with Crippen molar-refractivity contribution in [3.63, 3.8) is 0 Å². The second-order valence-corrected chi connectivity index (χ2v) is 2.15. The molecule has 0 spiro atoms. The maximum absolute atomic E-state index is 10.4. The first kappa shape index (κ1) is 9.38. The molecule has 0 heterocycles. The third-order valence-electron chi connectivity index (χ3n) is 0.777. The van der Waals surface area contributed by atoms with Gasteiger partial charge in [-0.15, -0.1) is 0 Å². The van der Waals surface area contributed by atoms with E-state index in [4.69, 9.17) is 0 Å². The van der Waals surface area contributed by atoms with E-state index in [9.17, 15) is 13.2 Å². The summed E-state index contributed by atoms with van der Waals surface area (Å²) in [6.07, 6.45) is -1.05. The normalized spacial score (nSPS) is 13.1. The molecular weight excluding hydrogens is 160 g/mol. The highest BCUT2D eigenvalue weighted by Gasteiger charge is 2.13. The number of methoxy groups -OCH3 is 1. The maximum atomic E-state index is 10.4. The molecule has 0 radical (unpaired) electrons. The van der Waals surface area contributed by atoms with E-state index in [0.29, 0.717) is 0 Å². The van der Waals surface area contributed by atoms with Crippen LogP contribution in [0.5, 0.6) is 0 Å². The van der Waals surface area contributed by atoms with E-state index in [0.717, 1.165) is 7.11 Å². The van der Waals surface area contributed by atoms with Crippen LogP contribution in [-0.4, -0.2) is 27.6 Å². The molecule has 0 aromatic heterocycles. The summed E-state index contributed by atoms with van der Waals surface area (Å²) in [7, 11) is -1.83. The highest BCUT2D eigenvalue weighted by atomic mass is 32.2.